The zero-order chi connectivity index (χ0) is 22.4. The number of rotatable bonds is 4. The van der Waals surface area contributed by atoms with E-state index < -0.39 is 17.1 Å². The van der Waals surface area contributed by atoms with Crippen molar-refractivity contribution in [3.05, 3.63) is 53.9 Å². The first-order valence-corrected chi connectivity index (χ1v) is 11.1. The van der Waals surface area contributed by atoms with Gasteiger partial charge in [0.1, 0.15) is 5.60 Å². The zero-order valence-electron chi connectivity index (χ0n) is 19.1. The van der Waals surface area contributed by atoms with Crippen molar-refractivity contribution in [2.45, 2.75) is 46.6 Å². The molecule has 6 heteroatoms. The normalized spacial score (nSPS) is 23.0. The lowest BCUT2D eigenvalue weighted by atomic mass is 9.76. The second-order valence-electron chi connectivity index (χ2n) is 10.4. The number of hydrogen-bond donors (Lipinski definition) is 1. The number of nitrogens with one attached hydrogen (secondary N) is 1. The van der Waals surface area contributed by atoms with Crippen LogP contribution in [0.1, 0.15) is 41.0 Å². The van der Waals surface area contributed by atoms with E-state index in [0.29, 0.717) is 18.2 Å². The summed E-state index contributed by atoms with van der Waals surface area (Å²) >= 11 is 0. The summed E-state index contributed by atoms with van der Waals surface area (Å²) in [6.45, 7) is 12.2. The minimum absolute atomic E-state index is 0.134. The lowest BCUT2D eigenvalue weighted by Gasteiger charge is -2.43. The van der Waals surface area contributed by atoms with Crippen molar-refractivity contribution in [2.75, 3.05) is 24.5 Å². The molecule has 1 aromatic carbocycles. The van der Waals surface area contributed by atoms with Crippen molar-refractivity contribution in [3.8, 4) is 0 Å². The Balaban J connectivity index is 1.45. The summed E-state index contributed by atoms with van der Waals surface area (Å²) in [5, 5.41) is 2.84. The molecular weight excluding hydrogens is 390 g/mol. The van der Waals surface area contributed by atoms with Gasteiger partial charge in [0.2, 0.25) is 5.91 Å². The largest absolute Gasteiger partial charge is 0.444 e. The number of para-hydroxylation sites is 1. The van der Waals surface area contributed by atoms with Crippen LogP contribution in [-0.4, -0.2) is 42.1 Å². The van der Waals surface area contributed by atoms with Gasteiger partial charge in [-0.1, -0.05) is 38.1 Å². The third kappa shape index (κ3) is 4.34. The summed E-state index contributed by atoms with van der Waals surface area (Å²) in [6, 6.07) is 10.4. The van der Waals surface area contributed by atoms with Crippen LogP contribution < -0.4 is 10.2 Å². The highest BCUT2D eigenvalue weighted by Gasteiger charge is 2.51. The Labute approximate surface area is 184 Å². The highest BCUT2D eigenvalue weighted by molar-refractivity contribution is 5.88. The smallest absolute Gasteiger partial charge is 0.412 e. The van der Waals surface area contributed by atoms with Crippen molar-refractivity contribution in [1.82, 2.24) is 10.2 Å². The van der Waals surface area contributed by atoms with Gasteiger partial charge in [-0.3, -0.25) is 10.1 Å². The fourth-order valence-corrected chi connectivity index (χ4v) is 4.72. The molecule has 6 nitrogen and oxygen atoms in total. The predicted molar refractivity (Wildman–Crippen MR) is 121 cm³/mol. The number of alkyl carbamates (subject to hydrolysis) is 1. The van der Waals surface area contributed by atoms with Gasteiger partial charge >= 0.3 is 6.09 Å². The molecule has 2 saturated heterocycles. The fraction of sp³-hybridized carbons (Fsp3) is 0.520. The standard InChI is InChI=1S/C25H33N3O3/c1-24(2,3)31-23(30)26-18-11-12-20-21(13-18)28(22(29)25(20,4)5)16-17-14-27(15-17)19-9-7-6-8-10-19/h6-11,13,17,20H,12,14-16H2,1-5H3,(H,26,30). The summed E-state index contributed by atoms with van der Waals surface area (Å²) < 4.78 is 5.38. The van der Waals surface area contributed by atoms with E-state index in [0.717, 1.165) is 25.2 Å². The van der Waals surface area contributed by atoms with Gasteiger partial charge in [0, 0.05) is 48.6 Å². The second kappa shape index (κ2) is 7.74. The Bertz CT molecular complexity index is 921. The molecule has 0 bridgehead atoms. The number of likely N-dealkylation sites (tertiary alicyclic amines) is 1. The molecule has 31 heavy (non-hydrogen) atoms. The second-order valence-corrected chi connectivity index (χ2v) is 10.4. The number of carbonyl (C=O) groups is 2. The Hall–Kier alpha value is -2.76. The van der Waals surface area contributed by atoms with E-state index in [1.807, 2.05) is 57.7 Å². The number of benzene rings is 1. The van der Waals surface area contributed by atoms with Gasteiger partial charge in [0.25, 0.3) is 0 Å². The molecule has 2 aliphatic heterocycles. The van der Waals surface area contributed by atoms with Gasteiger partial charge in [-0.05, 0) is 45.4 Å². The summed E-state index contributed by atoms with van der Waals surface area (Å²) in [6.07, 6.45) is 4.21. The number of fused-ring (bicyclic) bond motifs is 1. The third-order valence-corrected chi connectivity index (χ3v) is 6.38. The van der Waals surface area contributed by atoms with E-state index in [1.165, 1.54) is 5.69 Å². The van der Waals surface area contributed by atoms with Crippen LogP contribution >= 0.6 is 0 Å². The highest BCUT2D eigenvalue weighted by Crippen LogP contribution is 2.48. The number of nitrogens with zero attached hydrogens (tertiary/aromatic N) is 2. The van der Waals surface area contributed by atoms with Crippen molar-refractivity contribution in [2.24, 2.45) is 17.3 Å². The molecule has 3 aliphatic rings. The molecule has 0 saturated carbocycles. The third-order valence-electron chi connectivity index (χ3n) is 6.38. The topological polar surface area (TPSA) is 61.9 Å². The Morgan fingerprint density at radius 3 is 2.52 bits per heavy atom. The highest BCUT2D eigenvalue weighted by atomic mass is 16.6. The molecule has 0 spiro atoms. The molecule has 4 rings (SSSR count). The molecule has 1 aromatic rings. The minimum Gasteiger partial charge on any atom is -0.444 e. The molecule has 1 atom stereocenters. The summed E-state index contributed by atoms with van der Waals surface area (Å²) in [5.74, 6) is 0.746. The quantitative estimate of drug-likeness (QED) is 0.784. The Kier molecular flexibility index (Phi) is 5.36. The monoisotopic (exact) mass is 423 g/mol. The molecule has 0 radical (unpaired) electrons. The van der Waals surface area contributed by atoms with Crippen LogP contribution in [0.5, 0.6) is 0 Å². The maximum atomic E-state index is 13.3. The van der Waals surface area contributed by atoms with E-state index >= 15 is 0 Å². The van der Waals surface area contributed by atoms with Gasteiger partial charge in [0.15, 0.2) is 0 Å². The number of hydrogen-bond acceptors (Lipinski definition) is 4. The molecule has 0 aromatic heterocycles. The lowest BCUT2D eigenvalue weighted by Crippen LogP contribution is -2.52. The minimum atomic E-state index is -0.554. The van der Waals surface area contributed by atoms with E-state index in [4.69, 9.17) is 4.74 Å². The van der Waals surface area contributed by atoms with Crippen LogP contribution in [0.25, 0.3) is 0 Å². The molecule has 2 amide bonds. The van der Waals surface area contributed by atoms with Crippen LogP contribution in [0.4, 0.5) is 10.5 Å². The summed E-state index contributed by atoms with van der Waals surface area (Å²) in [5.41, 5.74) is 1.95. The average molecular weight is 424 g/mol. The summed E-state index contributed by atoms with van der Waals surface area (Å²) in [7, 11) is 0. The van der Waals surface area contributed by atoms with Crippen LogP contribution in [0, 0.1) is 17.3 Å². The van der Waals surface area contributed by atoms with E-state index in [9.17, 15) is 9.59 Å². The maximum absolute atomic E-state index is 13.3. The number of allylic oxidation sites excluding steroid dienone is 3. The fourth-order valence-electron chi connectivity index (χ4n) is 4.72. The molecule has 1 unspecified atom stereocenters. The van der Waals surface area contributed by atoms with E-state index in [1.54, 1.807) is 0 Å². The number of anilines is 1. The first-order chi connectivity index (χ1) is 14.5. The molecular formula is C25H33N3O3. The maximum Gasteiger partial charge on any atom is 0.412 e. The molecule has 2 fully saturated rings. The summed E-state index contributed by atoms with van der Waals surface area (Å²) in [4.78, 5) is 29.8. The van der Waals surface area contributed by atoms with Crippen LogP contribution in [-0.2, 0) is 9.53 Å². The van der Waals surface area contributed by atoms with Crippen molar-refractivity contribution < 1.29 is 14.3 Å². The SMILES string of the molecule is CC(C)(C)OC(=O)NC1=CCC2C(=C1)N(CC1CN(c3ccccc3)C1)C(=O)C2(C)C. The van der Waals surface area contributed by atoms with Crippen molar-refractivity contribution in [1.29, 1.82) is 0 Å². The van der Waals surface area contributed by atoms with Gasteiger partial charge in [0.05, 0.1) is 5.41 Å². The van der Waals surface area contributed by atoms with Crippen LogP contribution in [0.2, 0.25) is 0 Å². The first-order valence-electron chi connectivity index (χ1n) is 11.1. The lowest BCUT2D eigenvalue weighted by molar-refractivity contribution is -0.135. The first kappa shape index (κ1) is 21.5. The van der Waals surface area contributed by atoms with Gasteiger partial charge < -0.3 is 14.5 Å². The van der Waals surface area contributed by atoms with Crippen molar-refractivity contribution >= 4 is 17.7 Å². The average Bonchev–Trinajstić information content (AvgIpc) is 2.83. The van der Waals surface area contributed by atoms with Gasteiger partial charge in [-0.25, -0.2) is 4.79 Å². The number of carbonyl (C=O) groups excluding carboxylic acids is 2. The number of amides is 2. The Morgan fingerprint density at radius 2 is 1.87 bits per heavy atom. The van der Waals surface area contributed by atoms with E-state index in [-0.39, 0.29) is 11.8 Å². The molecule has 2 heterocycles. The van der Waals surface area contributed by atoms with E-state index in [2.05, 4.69) is 34.5 Å². The van der Waals surface area contributed by atoms with Gasteiger partial charge in [-0.2, -0.15) is 0 Å². The molecule has 1 N–H and O–H groups in total. The predicted octanol–water partition coefficient (Wildman–Crippen LogP) is 4.30. The number of ether oxygens (including phenoxy) is 1. The molecule has 1 aliphatic carbocycles. The van der Waals surface area contributed by atoms with Crippen molar-refractivity contribution in [3.63, 3.8) is 0 Å². The zero-order valence-corrected chi connectivity index (χ0v) is 19.1. The van der Waals surface area contributed by atoms with Crippen LogP contribution in [0.3, 0.4) is 0 Å². The van der Waals surface area contributed by atoms with Gasteiger partial charge in [-0.15, -0.1) is 0 Å². The molecule has 166 valence electrons. The van der Waals surface area contributed by atoms with Crippen LogP contribution in [0.15, 0.2) is 53.9 Å². The Morgan fingerprint density at radius 1 is 1.19 bits per heavy atom.